The first-order valence-electron chi connectivity index (χ1n) is 6.59. The van der Waals surface area contributed by atoms with Gasteiger partial charge in [0.1, 0.15) is 0 Å². The van der Waals surface area contributed by atoms with E-state index in [1.165, 1.54) is 6.39 Å². The zero-order valence-electron chi connectivity index (χ0n) is 11.6. The van der Waals surface area contributed by atoms with E-state index in [0.717, 1.165) is 17.8 Å². The second-order valence-corrected chi connectivity index (χ2v) is 4.54. The zero-order valence-corrected chi connectivity index (χ0v) is 11.6. The van der Waals surface area contributed by atoms with Crippen LogP contribution in [0.2, 0.25) is 0 Å². The first-order valence-corrected chi connectivity index (χ1v) is 6.59. The molecule has 0 saturated heterocycles. The standard InChI is InChI=1S/C14H18N4O2/c1-3-15-10(2)7-13(19)17-12-6-4-5-11(8-12)14-18-16-9-20-14/h4-6,8-10,15H,3,7H2,1-2H3,(H,17,19). The highest BCUT2D eigenvalue weighted by molar-refractivity contribution is 5.91. The van der Waals surface area contributed by atoms with Gasteiger partial charge in [-0.3, -0.25) is 4.79 Å². The predicted molar refractivity (Wildman–Crippen MR) is 76.1 cm³/mol. The monoisotopic (exact) mass is 274 g/mol. The van der Waals surface area contributed by atoms with Crippen molar-refractivity contribution in [3.8, 4) is 11.5 Å². The summed E-state index contributed by atoms with van der Waals surface area (Å²) in [6.07, 6.45) is 1.71. The number of aromatic nitrogens is 2. The van der Waals surface area contributed by atoms with Crippen molar-refractivity contribution in [3.63, 3.8) is 0 Å². The van der Waals surface area contributed by atoms with Crippen LogP contribution in [-0.2, 0) is 4.79 Å². The van der Waals surface area contributed by atoms with Crippen LogP contribution < -0.4 is 10.6 Å². The number of carbonyl (C=O) groups is 1. The fourth-order valence-corrected chi connectivity index (χ4v) is 1.94. The topological polar surface area (TPSA) is 80.0 Å². The summed E-state index contributed by atoms with van der Waals surface area (Å²) in [6, 6.07) is 7.48. The van der Waals surface area contributed by atoms with Crippen LogP contribution in [0.4, 0.5) is 5.69 Å². The van der Waals surface area contributed by atoms with Gasteiger partial charge in [-0.05, 0) is 31.7 Å². The smallest absolute Gasteiger partial charge is 0.247 e. The summed E-state index contributed by atoms with van der Waals surface area (Å²) in [5, 5.41) is 13.5. The Hall–Kier alpha value is -2.21. The van der Waals surface area contributed by atoms with Gasteiger partial charge in [0.15, 0.2) is 0 Å². The molecule has 1 amide bonds. The fourth-order valence-electron chi connectivity index (χ4n) is 1.94. The number of nitrogens with one attached hydrogen (secondary N) is 2. The van der Waals surface area contributed by atoms with Crippen molar-refractivity contribution in [2.45, 2.75) is 26.3 Å². The van der Waals surface area contributed by atoms with Crippen LogP contribution in [0.1, 0.15) is 20.3 Å². The molecule has 0 bridgehead atoms. The molecule has 2 N–H and O–H groups in total. The molecule has 0 saturated carbocycles. The molecule has 0 aliphatic heterocycles. The van der Waals surface area contributed by atoms with Crippen molar-refractivity contribution in [3.05, 3.63) is 30.7 Å². The average Bonchev–Trinajstić information content (AvgIpc) is 2.92. The fraction of sp³-hybridized carbons (Fsp3) is 0.357. The van der Waals surface area contributed by atoms with E-state index in [9.17, 15) is 4.79 Å². The normalized spacial score (nSPS) is 12.1. The second kappa shape index (κ2) is 6.81. The highest BCUT2D eigenvalue weighted by atomic mass is 16.4. The summed E-state index contributed by atoms with van der Waals surface area (Å²) >= 11 is 0. The minimum absolute atomic E-state index is 0.0267. The Bertz CT molecular complexity index is 554. The maximum absolute atomic E-state index is 11.9. The molecule has 106 valence electrons. The van der Waals surface area contributed by atoms with Crippen LogP contribution >= 0.6 is 0 Å². The summed E-state index contributed by atoms with van der Waals surface area (Å²) in [5.74, 6) is 0.406. The Kier molecular flexibility index (Phi) is 4.84. The summed E-state index contributed by atoms with van der Waals surface area (Å²) < 4.78 is 5.13. The Balaban J connectivity index is 1.99. The summed E-state index contributed by atoms with van der Waals surface area (Å²) in [5.41, 5.74) is 1.49. The maximum atomic E-state index is 11.9. The summed E-state index contributed by atoms with van der Waals surface area (Å²) in [4.78, 5) is 11.9. The van der Waals surface area contributed by atoms with Crippen LogP contribution in [-0.4, -0.2) is 28.7 Å². The molecule has 0 aliphatic carbocycles. The van der Waals surface area contributed by atoms with Crippen molar-refractivity contribution < 1.29 is 9.21 Å². The molecule has 1 unspecified atom stereocenters. The van der Waals surface area contributed by atoms with Crippen molar-refractivity contribution in [1.82, 2.24) is 15.5 Å². The maximum Gasteiger partial charge on any atom is 0.247 e. The van der Waals surface area contributed by atoms with Crippen LogP contribution in [0, 0.1) is 0 Å². The molecule has 2 aromatic rings. The number of hydrogen-bond acceptors (Lipinski definition) is 5. The molecule has 6 nitrogen and oxygen atoms in total. The minimum atomic E-state index is -0.0267. The van der Waals surface area contributed by atoms with Crippen molar-refractivity contribution in [2.24, 2.45) is 0 Å². The van der Waals surface area contributed by atoms with E-state index in [1.807, 2.05) is 38.1 Å². The third-order valence-electron chi connectivity index (χ3n) is 2.80. The quantitative estimate of drug-likeness (QED) is 0.842. The van der Waals surface area contributed by atoms with Crippen LogP contribution in [0.25, 0.3) is 11.5 Å². The van der Waals surface area contributed by atoms with Gasteiger partial charge >= 0.3 is 0 Å². The lowest BCUT2D eigenvalue weighted by Gasteiger charge is -2.12. The number of carbonyl (C=O) groups excluding carboxylic acids is 1. The lowest BCUT2D eigenvalue weighted by Crippen LogP contribution is -2.30. The van der Waals surface area contributed by atoms with Crippen LogP contribution in [0.5, 0.6) is 0 Å². The SMILES string of the molecule is CCNC(C)CC(=O)Nc1cccc(-c2nnco2)c1. The van der Waals surface area contributed by atoms with Crippen molar-refractivity contribution in [2.75, 3.05) is 11.9 Å². The Morgan fingerprint density at radius 2 is 2.30 bits per heavy atom. The number of benzene rings is 1. The van der Waals surface area contributed by atoms with Gasteiger partial charge in [-0.25, -0.2) is 0 Å². The highest BCUT2D eigenvalue weighted by Gasteiger charge is 2.09. The molecule has 6 heteroatoms. The van der Waals surface area contributed by atoms with Crippen LogP contribution in [0.15, 0.2) is 35.1 Å². The summed E-state index contributed by atoms with van der Waals surface area (Å²) in [7, 11) is 0. The third kappa shape index (κ3) is 3.89. The van der Waals surface area contributed by atoms with Gasteiger partial charge in [0, 0.05) is 23.7 Å². The molecule has 20 heavy (non-hydrogen) atoms. The van der Waals surface area contributed by atoms with E-state index in [2.05, 4.69) is 20.8 Å². The first-order chi connectivity index (χ1) is 9.69. The van der Waals surface area contributed by atoms with E-state index in [1.54, 1.807) is 0 Å². The molecule has 0 aliphatic rings. The highest BCUT2D eigenvalue weighted by Crippen LogP contribution is 2.20. The van der Waals surface area contributed by atoms with Crippen molar-refractivity contribution in [1.29, 1.82) is 0 Å². The minimum Gasteiger partial charge on any atom is -0.423 e. The molecule has 1 aromatic carbocycles. The Labute approximate surface area is 117 Å². The molecule has 0 radical (unpaired) electrons. The number of nitrogens with zero attached hydrogens (tertiary/aromatic N) is 2. The van der Waals surface area contributed by atoms with E-state index < -0.39 is 0 Å². The summed E-state index contributed by atoms with van der Waals surface area (Å²) in [6.45, 7) is 4.85. The first kappa shape index (κ1) is 14.2. The Morgan fingerprint density at radius 1 is 1.45 bits per heavy atom. The molecular weight excluding hydrogens is 256 g/mol. The van der Waals surface area contributed by atoms with Gasteiger partial charge in [0.2, 0.25) is 18.2 Å². The van der Waals surface area contributed by atoms with E-state index in [-0.39, 0.29) is 11.9 Å². The number of rotatable bonds is 6. The molecule has 1 aromatic heterocycles. The van der Waals surface area contributed by atoms with Gasteiger partial charge in [0.05, 0.1) is 0 Å². The second-order valence-electron chi connectivity index (χ2n) is 4.54. The van der Waals surface area contributed by atoms with E-state index in [0.29, 0.717) is 12.3 Å². The van der Waals surface area contributed by atoms with E-state index >= 15 is 0 Å². The molecule has 1 heterocycles. The molecule has 0 fully saturated rings. The largest absolute Gasteiger partial charge is 0.423 e. The van der Waals surface area contributed by atoms with E-state index in [4.69, 9.17) is 4.42 Å². The average molecular weight is 274 g/mol. The van der Waals surface area contributed by atoms with Crippen LogP contribution in [0.3, 0.4) is 0 Å². The molecule has 0 spiro atoms. The number of amides is 1. The molecule has 2 rings (SSSR count). The van der Waals surface area contributed by atoms with Gasteiger partial charge < -0.3 is 15.1 Å². The predicted octanol–water partition coefficient (Wildman–Crippen LogP) is 2.06. The molecule has 1 atom stereocenters. The number of hydrogen-bond donors (Lipinski definition) is 2. The lowest BCUT2D eigenvalue weighted by atomic mass is 10.2. The van der Waals surface area contributed by atoms with Gasteiger partial charge in [-0.1, -0.05) is 13.0 Å². The van der Waals surface area contributed by atoms with Gasteiger partial charge in [0.25, 0.3) is 0 Å². The van der Waals surface area contributed by atoms with Gasteiger partial charge in [-0.15, -0.1) is 10.2 Å². The molecular formula is C14H18N4O2. The third-order valence-corrected chi connectivity index (χ3v) is 2.80. The lowest BCUT2D eigenvalue weighted by molar-refractivity contribution is -0.116. The van der Waals surface area contributed by atoms with Gasteiger partial charge in [-0.2, -0.15) is 0 Å². The Morgan fingerprint density at radius 3 is 3.00 bits per heavy atom. The van der Waals surface area contributed by atoms with Crippen molar-refractivity contribution >= 4 is 11.6 Å². The number of anilines is 1. The zero-order chi connectivity index (χ0) is 14.4.